The lowest BCUT2D eigenvalue weighted by molar-refractivity contribution is -0.145. The highest BCUT2D eigenvalue weighted by Gasteiger charge is 2.37. The van der Waals surface area contributed by atoms with Gasteiger partial charge in [-0.2, -0.15) is 0 Å². The molecular formula is C9H17NO3S3. The van der Waals surface area contributed by atoms with E-state index >= 15 is 0 Å². The molecule has 0 aliphatic rings. The number of amides is 1. The minimum absolute atomic E-state index is 0.238. The highest BCUT2D eigenvalue weighted by molar-refractivity contribution is 9.09. The maximum atomic E-state index is 11.6. The number of carbonyl (C=O) groups is 2. The third kappa shape index (κ3) is 5.36. The van der Waals surface area contributed by atoms with Gasteiger partial charge in [-0.25, -0.2) is 4.79 Å². The van der Waals surface area contributed by atoms with Gasteiger partial charge in [-0.05, 0) is 29.9 Å². The van der Waals surface area contributed by atoms with Crippen LogP contribution in [0.3, 0.4) is 0 Å². The van der Waals surface area contributed by atoms with Gasteiger partial charge in [0.15, 0.2) is 0 Å². The summed E-state index contributed by atoms with van der Waals surface area (Å²) in [5.74, 6) is -0.660. The summed E-state index contributed by atoms with van der Waals surface area (Å²) in [6.45, 7) is 5.19. The Bertz CT molecular complexity index is 258. The van der Waals surface area contributed by atoms with Crippen molar-refractivity contribution in [2.45, 2.75) is 31.6 Å². The maximum absolute atomic E-state index is 11.6. The van der Waals surface area contributed by atoms with Crippen LogP contribution < -0.4 is 5.32 Å². The highest BCUT2D eigenvalue weighted by atomic mass is 33.5. The standard InChI is InChI=1S/C9H17NO3S3/c1-6(11)10-7(8(12)13-4)9(2,3)15-16-14-5/h7H,1-5H3,(H,10,11). The summed E-state index contributed by atoms with van der Waals surface area (Å²) in [6, 6.07) is -0.639. The average molecular weight is 283 g/mol. The van der Waals surface area contributed by atoms with Crippen LogP contribution in [0.25, 0.3) is 0 Å². The van der Waals surface area contributed by atoms with Crippen molar-refractivity contribution >= 4 is 43.3 Å². The SMILES string of the molecule is COC(=O)C(NC(C)=O)C(C)(C)SSSC. The van der Waals surface area contributed by atoms with Crippen molar-refractivity contribution in [3.63, 3.8) is 0 Å². The molecule has 0 spiro atoms. The lowest BCUT2D eigenvalue weighted by Gasteiger charge is -2.30. The van der Waals surface area contributed by atoms with E-state index in [0.717, 1.165) is 0 Å². The molecule has 1 amide bonds. The summed E-state index contributed by atoms with van der Waals surface area (Å²) in [4.78, 5) is 22.6. The van der Waals surface area contributed by atoms with Crippen LogP contribution >= 0.6 is 31.4 Å². The second-order valence-electron chi connectivity index (χ2n) is 3.58. The van der Waals surface area contributed by atoms with Crippen molar-refractivity contribution in [2.75, 3.05) is 13.4 Å². The molecular weight excluding hydrogens is 266 g/mol. The summed E-state index contributed by atoms with van der Waals surface area (Å²) < 4.78 is 4.27. The number of nitrogens with one attached hydrogen (secondary N) is 1. The van der Waals surface area contributed by atoms with E-state index in [1.807, 2.05) is 20.1 Å². The van der Waals surface area contributed by atoms with Gasteiger partial charge in [-0.15, -0.1) is 0 Å². The smallest absolute Gasteiger partial charge is 0.329 e. The van der Waals surface area contributed by atoms with E-state index in [1.54, 1.807) is 20.6 Å². The maximum Gasteiger partial charge on any atom is 0.329 e. The van der Waals surface area contributed by atoms with Crippen LogP contribution in [0.1, 0.15) is 20.8 Å². The Morgan fingerprint density at radius 2 is 1.94 bits per heavy atom. The first-order valence-corrected chi connectivity index (χ1v) is 8.47. The fourth-order valence-corrected chi connectivity index (χ4v) is 4.71. The first kappa shape index (κ1) is 16.0. The van der Waals surface area contributed by atoms with E-state index in [9.17, 15) is 9.59 Å². The molecule has 0 aliphatic carbocycles. The number of ether oxygens (including phenoxy) is 1. The summed E-state index contributed by atoms with van der Waals surface area (Å²) >= 11 is 0. The van der Waals surface area contributed by atoms with Crippen molar-refractivity contribution in [2.24, 2.45) is 0 Å². The highest BCUT2D eigenvalue weighted by Crippen LogP contribution is 2.43. The van der Waals surface area contributed by atoms with Gasteiger partial charge >= 0.3 is 5.97 Å². The number of carbonyl (C=O) groups excluding carboxylic acids is 2. The topological polar surface area (TPSA) is 55.4 Å². The van der Waals surface area contributed by atoms with Crippen LogP contribution in [0.4, 0.5) is 0 Å². The Labute approximate surface area is 108 Å². The molecule has 0 fully saturated rings. The summed E-state index contributed by atoms with van der Waals surface area (Å²) in [5.41, 5.74) is 0. The van der Waals surface area contributed by atoms with Gasteiger partial charge in [0.05, 0.1) is 11.9 Å². The minimum Gasteiger partial charge on any atom is -0.467 e. The average Bonchev–Trinajstić information content (AvgIpc) is 2.21. The quantitative estimate of drug-likeness (QED) is 0.595. The number of esters is 1. The molecule has 0 aromatic heterocycles. The predicted octanol–water partition coefficient (Wildman–Crippen LogP) is 2.10. The van der Waals surface area contributed by atoms with Gasteiger partial charge in [0, 0.05) is 6.92 Å². The molecule has 1 unspecified atom stereocenters. The second kappa shape index (κ2) is 7.34. The fraction of sp³-hybridized carbons (Fsp3) is 0.778. The van der Waals surface area contributed by atoms with Crippen molar-refractivity contribution in [1.29, 1.82) is 0 Å². The van der Waals surface area contributed by atoms with Crippen LogP contribution in [0.2, 0.25) is 0 Å². The molecule has 0 aliphatic heterocycles. The molecule has 0 aromatic carbocycles. The van der Waals surface area contributed by atoms with Crippen molar-refractivity contribution < 1.29 is 14.3 Å². The van der Waals surface area contributed by atoms with Gasteiger partial charge in [-0.1, -0.05) is 21.6 Å². The molecule has 0 rings (SSSR count). The Morgan fingerprint density at radius 3 is 2.31 bits per heavy atom. The number of hydrogen-bond donors (Lipinski definition) is 1. The minimum atomic E-state index is -0.639. The van der Waals surface area contributed by atoms with Crippen LogP contribution in [0, 0.1) is 0 Å². The molecule has 0 radical (unpaired) electrons. The van der Waals surface area contributed by atoms with Gasteiger partial charge in [0.2, 0.25) is 5.91 Å². The third-order valence-corrected chi connectivity index (χ3v) is 6.40. The first-order chi connectivity index (χ1) is 7.35. The molecule has 0 saturated heterocycles. The molecule has 0 aromatic rings. The summed E-state index contributed by atoms with van der Waals surface area (Å²) in [5, 5.41) is 2.62. The zero-order chi connectivity index (χ0) is 12.8. The predicted molar refractivity (Wildman–Crippen MR) is 72.4 cm³/mol. The Balaban J connectivity index is 4.71. The lowest BCUT2D eigenvalue weighted by Crippen LogP contribution is -2.52. The number of hydrogen-bond acceptors (Lipinski definition) is 6. The van der Waals surface area contributed by atoms with E-state index in [0.29, 0.717) is 0 Å². The van der Waals surface area contributed by atoms with Crippen LogP contribution in [0.15, 0.2) is 0 Å². The van der Waals surface area contributed by atoms with Gasteiger partial charge in [-0.3, -0.25) is 4.79 Å². The molecule has 94 valence electrons. The molecule has 0 heterocycles. The van der Waals surface area contributed by atoms with Crippen molar-refractivity contribution in [1.82, 2.24) is 5.32 Å². The van der Waals surface area contributed by atoms with Crippen LogP contribution in [0.5, 0.6) is 0 Å². The van der Waals surface area contributed by atoms with Crippen molar-refractivity contribution in [3.05, 3.63) is 0 Å². The second-order valence-corrected chi connectivity index (χ2v) is 8.40. The molecule has 16 heavy (non-hydrogen) atoms. The van der Waals surface area contributed by atoms with Crippen LogP contribution in [-0.2, 0) is 14.3 Å². The molecule has 1 atom stereocenters. The monoisotopic (exact) mass is 283 g/mol. The van der Waals surface area contributed by atoms with E-state index in [2.05, 4.69) is 5.32 Å². The zero-order valence-corrected chi connectivity index (χ0v) is 12.5. The Kier molecular flexibility index (Phi) is 7.34. The number of rotatable bonds is 6. The first-order valence-electron chi connectivity index (χ1n) is 4.58. The van der Waals surface area contributed by atoms with E-state index in [1.165, 1.54) is 24.8 Å². The van der Waals surface area contributed by atoms with Gasteiger partial charge in [0.25, 0.3) is 0 Å². The third-order valence-electron chi connectivity index (χ3n) is 1.80. The van der Waals surface area contributed by atoms with Crippen molar-refractivity contribution in [3.8, 4) is 0 Å². The number of methoxy groups -OCH3 is 1. The molecule has 0 saturated carbocycles. The van der Waals surface area contributed by atoms with Gasteiger partial charge < -0.3 is 10.1 Å². The molecule has 0 bridgehead atoms. The summed E-state index contributed by atoms with van der Waals surface area (Å²) in [7, 11) is 6.03. The van der Waals surface area contributed by atoms with E-state index in [4.69, 9.17) is 4.74 Å². The Morgan fingerprint density at radius 1 is 1.38 bits per heavy atom. The summed E-state index contributed by atoms with van der Waals surface area (Å²) in [6.07, 6.45) is 1.96. The van der Waals surface area contributed by atoms with E-state index < -0.39 is 16.8 Å². The fourth-order valence-electron chi connectivity index (χ4n) is 1.01. The normalized spacial score (nSPS) is 13.1. The van der Waals surface area contributed by atoms with E-state index in [-0.39, 0.29) is 5.91 Å². The lowest BCUT2D eigenvalue weighted by atomic mass is 10.0. The molecule has 1 N–H and O–H groups in total. The van der Waals surface area contributed by atoms with Gasteiger partial charge in [0.1, 0.15) is 6.04 Å². The van der Waals surface area contributed by atoms with Crippen LogP contribution in [-0.4, -0.2) is 36.0 Å². The Hall–Kier alpha value is -0.0100. The zero-order valence-electron chi connectivity index (χ0n) is 10.0. The molecule has 4 nitrogen and oxygen atoms in total. The molecule has 7 heteroatoms. The largest absolute Gasteiger partial charge is 0.467 e.